The number of ether oxygens (including phenoxy) is 3. The summed E-state index contributed by atoms with van der Waals surface area (Å²) in [7, 11) is 3.42. The van der Waals surface area contributed by atoms with Crippen LogP contribution < -0.4 is 14.8 Å². The monoisotopic (exact) mass is 357 g/mol. The third-order valence-corrected chi connectivity index (χ3v) is 6.52. The van der Waals surface area contributed by atoms with Crippen molar-refractivity contribution in [2.75, 3.05) is 34.0 Å². The summed E-state index contributed by atoms with van der Waals surface area (Å²) in [5.74, 6) is 3.84. The standard InChI is InChI=1S/C22H31NO3/c1-24-19-10-9-16(12-20(19)25-2)21-17-7-3-4-8-18(17)22(21)23-13-15-6-5-11-26-14-15/h6,9-10,12,17-18,21-23H,3-5,7-8,11,13-14H2,1-2H3/t17?,18?,21-,22-/m0/s1. The van der Waals surface area contributed by atoms with Crippen LogP contribution in [0.4, 0.5) is 0 Å². The third kappa shape index (κ3) is 3.37. The maximum atomic E-state index is 5.60. The Morgan fingerprint density at radius 3 is 2.62 bits per heavy atom. The van der Waals surface area contributed by atoms with Crippen LogP contribution in [0, 0.1) is 11.8 Å². The topological polar surface area (TPSA) is 39.7 Å². The number of nitrogens with one attached hydrogen (secondary N) is 1. The SMILES string of the molecule is COc1ccc([C@H]2C3CCCCC3[C@@H]2NCC2=CCCOC2)cc1OC. The minimum absolute atomic E-state index is 0.557. The molecule has 0 amide bonds. The Bertz CT molecular complexity index is 657. The van der Waals surface area contributed by atoms with Gasteiger partial charge in [0.2, 0.25) is 0 Å². The average molecular weight is 357 g/mol. The van der Waals surface area contributed by atoms with Crippen molar-refractivity contribution in [1.82, 2.24) is 5.32 Å². The van der Waals surface area contributed by atoms with Crippen molar-refractivity contribution < 1.29 is 14.2 Å². The Labute approximate surface area is 156 Å². The fraction of sp³-hybridized carbons (Fsp3) is 0.636. The van der Waals surface area contributed by atoms with Gasteiger partial charge in [-0.15, -0.1) is 0 Å². The fourth-order valence-electron chi connectivity index (χ4n) is 5.24. The fourth-order valence-corrected chi connectivity index (χ4v) is 5.24. The van der Waals surface area contributed by atoms with Gasteiger partial charge in [-0.3, -0.25) is 0 Å². The molecule has 2 fully saturated rings. The minimum atomic E-state index is 0.557. The van der Waals surface area contributed by atoms with Crippen molar-refractivity contribution in [2.24, 2.45) is 11.8 Å². The highest BCUT2D eigenvalue weighted by Gasteiger charge is 2.51. The molecule has 4 atom stereocenters. The smallest absolute Gasteiger partial charge is 0.160 e. The van der Waals surface area contributed by atoms with E-state index in [1.807, 2.05) is 0 Å². The third-order valence-electron chi connectivity index (χ3n) is 6.52. The normalized spacial score (nSPS) is 30.8. The zero-order valence-corrected chi connectivity index (χ0v) is 16.0. The lowest BCUT2D eigenvalue weighted by atomic mass is 9.53. The number of hydrogen-bond acceptors (Lipinski definition) is 4. The van der Waals surface area contributed by atoms with Crippen molar-refractivity contribution in [3.63, 3.8) is 0 Å². The van der Waals surface area contributed by atoms with E-state index in [-0.39, 0.29) is 0 Å². The molecule has 1 heterocycles. The molecule has 0 saturated heterocycles. The summed E-state index contributed by atoms with van der Waals surface area (Å²) < 4.78 is 16.6. The van der Waals surface area contributed by atoms with Crippen LogP contribution in [-0.2, 0) is 4.74 Å². The molecule has 3 aliphatic rings. The molecule has 4 heteroatoms. The summed E-state index contributed by atoms with van der Waals surface area (Å²) in [6, 6.07) is 7.03. The Morgan fingerprint density at radius 1 is 1.08 bits per heavy atom. The van der Waals surface area contributed by atoms with E-state index in [1.165, 1.54) is 36.8 Å². The first-order valence-corrected chi connectivity index (χ1v) is 10.0. The predicted molar refractivity (Wildman–Crippen MR) is 103 cm³/mol. The maximum absolute atomic E-state index is 5.60. The second-order valence-electron chi connectivity index (χ2n) is 7.86. The molecule has 2 unspecified atom stereocenters. The first-order chi connectivity index (χ1) is 12.8. The van der Waals surface area contributed by atoms with Gasteiger partial charge in [-0.05, 0) is 54.4 Å². The van der Waals surface area contributed by atoms with Crippen LogP contribution in [0.3, 0.4) is 0 Å². The highest BCUT2D eigenvalue weighted by molar-refractivity contribution is 5.45. The molecular weight excluding hydrogens is 326 g/mol. The first kappa shape index (κ1) is 17.9. The molecule has 0 radical (unpaired) electrons. The first-order valence-electron chi connectivity index (χ1n) is 10.0. The molecule has 142 valence electrons. The molecule has 0 aromatic heterocycles. The van der Waals surface area contributed by atoms with Crippen LogP contribution in [0.25, 0.3) is 0 Å². The molecule has 1 aliphatic heterocycles. The average Bonchev–Trinajstić information content (AvgIpc) is 2.69. The summed E-state index contributed by atoms with van der Waals surface area (Å²) in [6.45, 7) is 2.61. The van der Waals surface area contributed by atoms with E-state index >= 15 is 0 Å². The summed E-state index contributed by atoms with van der Waals surface area (Å²) >= 11 is 0. The van der Waals surface area contributed by atoms with Gasteiger partial charge in [0.1, 0.15) is 0 Å². The van der Waals surface area contributed by atoms with Crippen LogP contribution in [0.15, 0.2) is 29.8 Å². The molecule has 1 aromatic carbocycles. The zero-order valence-electron chi connectivity index (χ0n) is 16.0. The van der Waals surface area contributed by atoms with Crippen LogP contribution >= 0.6 is 0 Å². The van der Waals surface area contributed by atoms with Crippen molar-refractivity contribution in [2.45, 2.75) is 44.1 Å². The number of rotatable bonds is 6. The van der Waals surface area contributed by atoms with E-state index in [0.717, 1.165) is 49.5 Å². The van der Waals surface area contributed by atoms with Crippen molar-refractivity contribution in [3.8, 4) is 11.5 Å². The van der Waals surface area contributed by atoms with Crippen LogP contribution in [0.5, 0.6) is 11.5 Å². The Morgan fingerprint density at radius 2 is 1.88 bits per heavy atom. The quantitative estimate of drug-likeness (QED) is 0.784. The van der Waals surface area contributed by atoms with Crippen LogP contribution in [0.2, 0.25) is 0 Å². The molecule has 4 nitrogen and oxygen atoms in total. The molecule has 1 N–H and O–H groups in total. The molecule has 0 bridgehead atoms. The second-order valence-corrected chi connectivity index (χ2v) is 7.86. The van der Waals surface area contributed by atoms with Crippen molar-refractivity contribution in [3.05, 3.63) is 35.4 Å². The Balaban J connectivity index is 1.52. The van der Waals surface area contributed by atoms with Crippen LogP contribution in [-0.4, -0.2) is 40.0 Å². The number of benzene rings is 1. The molecule has 2 saturated carbocycles. The van der Waals surface area contributed by atoms with Gasteiger partial charge < -0.3 is 19.5 Å². The second kappa shape index (κ2) is 8.01. The molecular formula is C22H31NO3. The van der Waals surface area contributed by atoms with E-state index in [1.54, 1.807) is 14.2 Å². The number of methoxy groups -OCH3 is 2. The van der Waals surface area contributed by atoms with E-state index in [0.29, 0.717) is 12.0 Å². The van der Waals surface area contributed by atoms with E-state index in [9.17, 15) is 0 Å². The summed E-state index contributed by atoms with van der Waals surface area (Å²) in [6.07, 6.45) is 8.86. The molecule has 4 rings (SSSR count). The van der Waals surface area contributed by atoms with Gasteiger partial charge in [0, 0.05) is 18.5 Å². The van der Waals surface area contributed by atoms with Crippen molar-refractivity contribution >= 4 is 0 Å². The highest BCUT2D eigenvalue weighted by Crippen LogP contribution is 2.55. The molecule has 2 aliphatic carbocycles. The van der Waals surface area contributed by atoms with Gasteiger partial charge in [-0.1, -0.05) is 25.0 Å². The lowest BCUT2D eigenvalue weighted by Crippen LogP contribution is -2.58. The summed E-state index contributed by atoms with van der Waals surface area (Å²) in [5.41, 5.74) is 2.79. The van der Waals surface area contributed by atoms with Gasteiger partial charge >= 0.3 is 0 Å². The molecule has 0 spiro atoms. The summed E-state index contributed by atoms with van der Waals surface area (Å²) in [5, 5.41) is 3.88. The van der Waals surface area contributed by atoms with Gasteiger partial charge in [0.15, 0.2) is 11.5 Å². The van der Waals surface area contributed by atoms with Gasteiger partial charge in [0.25, 0.3) is 0 Å². The van der Waals surface area contributed by atoms with Crippen LogP contribution in [0.1, 0.15) is 43.6 Å². The van der Waals surface area contributed by atoms with Gasteiger partial charge in [0.05, 0.1) is 27.4 Å². The lowest BCUT2D eigenvalue weighted by Gasteiger charge is -2.55. The minimum Gasteiger partial charge on any atom is -0.493 e. The number of fused-ring (bicyclic) bond motifs is 1. The largest absolute Gasteiger partial charge is 0.493 e. The maximum Gasteiger partial charge on any atom is 0.160 e. The van der Waals surface area contributed by atoms with E-state index in [2.05, 4.69) is 29.6 Å². The van der Waals surface area contributed by atoms with E-state index in [4.69, 9.17) is 14.2 Å². The van der Waals surface area contributed by atoms with Gasteiger partial charge in [-0.2, -0.15) is 0 Å². The van der Waals surface area contributed by atoms with Gasteiger partial charge in [-0.25, -0.2) is 0 Å². The highest BCUT2D eigenvalue weighted by atomic mass is 16.5. The molecule has 26 heavy (non-hydrogen) atoms. The predicted octanol–water partition coefficient (Wildman–Crippen LogP) is 3.91. The molecule has 1 aromatic rings. The number of hydrogen-bond donors (Lipinski definition) is 1. The Kier molecular flexibility index (Phi) is 5.51. The zero-order chi connectivity index (χ0) is 17.9. The summed E-state index contributed by atoms with van der Waals surface area (Å²) in [4.78, 5) is 0. The van der Waals surface area contributed by atoms with Crippen molar-refractivity contribution in [1.29, 1.82) is 0 Å². The lowest BCUT2D eigenvalue weighted by molar-refractivity contribution is 0.0270. The van der Waals surface area contributed by atoms with E-state index < -0.39 is 0 Å². The Hall–Kier alpha value is -1.52.